The molecule has 0 spiro atoms. The first-order valence-corrected chi connectivity index (χ1v) is 14.9. The Bertz CT molecular complexity index is 1630. The second kappa shape index (κ2) is 13.6. The molecular formula is C33H37N5O4. The fourth-order valence-corrected chi connectivity index (χ4v) is 5.87. The van der Waals surface area contributed by atoms with E-state index in [0.717, 1.165) is 78.7 Å². The van der Waals surface area contributed by atoms with Crippen LogP contribution in [0, 0.1) is 11.3 Å². The number of aromatic nitrogens is 4. The van der Waals surface area contributed by atoms with Crippen molar-refractivity contribution in [2.75, 3.05) is 13.2 Å². The summed E-state index contributed by atoms with van der Waals surface area (Å²) in [5, 5.41) is 14.2. The second-order valence-electron chi connectivity index (χ2n) is 10.7. The highest BCUT2D eigenvalue weighted by molar-refractivity contribution is 5.70. The minimum absolute atomic E-state index is 0.0149. The van der Waals surface area contributed by atoms with E-state index in [1.54, 1.807) is 25.4 Å². The fraction of sp³-hybridized carbons (Fsp3) is 0.424. The van der Waals surface area contributed by atoms with Crippen molar-refractivity contribution in [2.45, 2.75) is 77.4 Å². The van der Waals surface area contributed by atoms with Crippen molar-refractivity contribution < 1.29 is 14.3 Å². The summed E-state index contributed by atoms with van der Waals surface area (Å²) >= 11 is 0. The smallest absolute Gasteiger partial charge is 0.332 e. The maximum atomic E-state index is 14.3. The molecule has 0 unspecified atom stereocenters. The van der Waals surface area contributed by atoms with E-state index >= 15 is 0 Å². The number of carbonyl (C=O) groups is 1. The monoisotopic (exact) mass is 567 g/mol. The molecule has 42 heavy (non-hydrogen) atoms. The lowest BCUT2D eigenvalue weighted by molar-refractivity contribution is -0.151. The maximum Gasteiger partial charge on any atom is 0.332 e. The number of benzene rings is 1. The summed E-state index contributed by atoms with van der Waals surface area (Å²) in [6.07, 6.45) is 9.78. The molecule has 3 heterocycles. The molecule has 5 rings (SSSR count). The molecule has 0 aliphatic heterocycles. The van der Waals surface area contributed by atoms with E-state index in [4.69, 9.17) is 9.47 Å². The lowest BCUT2D eigenvalue weighted by Gasteiger charge is -2.31. The Morgan fingerprint density at radius 2 is 1.90 bits per heavy atom. The van der Waals surface area contributed by atoms with Crippen LogP contribution in [0.1, 0.15) is 80.8 Å². The SMILES string of the molecule is CCCCc1c(Cc2ccc(-c3ccccc3C#N)nc2)c(=O)n(C2CCC(OCC(=O)OCC)CC2)c2ccnn12. The Morgan fingerprint density at radius 3 is 2.62 bits per heavy atom. The minimum Gasteiger partial charge on any atom is -0.464 e. The Balaban J connectivity index is 1.43. The van der Waals surface area contributed by atoms with E-state index in [-0.39, 0.29) is 30.3 Å². The quantitative estimate of drug-likeness (QED) is 0.222. The van der Waals surface area contributed by atoms with Crippen molar-refractivity contribution in [2.24, 2.45) is 0 Å². The lowest BCUT2D eigenvalue weighted by Crippen LogP contribution is -2.35. The molecule has 0 bridgehead atoms. The predicted molar refractivity (Wildman–Crippen MR) is 159 cm³/mol. The van der Waals surface area contributed by atoms with Crippen LogP contribution in [0.3, 0.4) is 0 Å². The van der Waals surface area contributed by atoms with Crippen LogP contribution in [0.4, 0.5) is 0 Å². The first-order valence-electron chi connectivity index (χ1n) is 14.9. The highest BCUT2D eigenvalue weighted by Crippen LogP contribution is 2.31. The summed E-state index contributed by atoms with van der Waals surface area (Å²) in [4.78, 5) is 30.7. The molecule has 3 aromatic heterocycles. The number of esters is 1. The molecule has 9 heteroatoms. The zero-order valence-electron chi connectivity index (χ0n) is 24.3. The molecule has 0 saturated heterocycles. The average molecular weight is 568 g/mol. The predicted octanol–water partition coefficient (Wildman–Crippen LogP) is 5.43. The van der Waals surface area contributed by atoms with Crippen LogP contribution in [-0.2, 0) is 27.1 Å². The van der Waals surface area contributed by atoms with Crippen molar-refractivity contribution >= 4 is 11.6 Å². The molecule has 1 aliphatic carbocycles. The molecule has 0 atom stereocenters. The third-order valence-corrected chi connectivity index (χ3v) is 8.00. The van der Waals surface area contributed by atoms with E-state index < -0.39 is 0 Å². The Morgan fingerprint density at radius 1 is 1.10 bits per heavy atom. The van der Waals surface area contributed by atoms with Crippen molar-refractivity contribution in [1.82, 2.24) is 19.2 Å². The highest BCUT2D eigenvalue weighted by Gasteiger charge is 2.28. The number of rotatable bonds is 11. The molecular weight excluding hydrogens is 530 g/mol. The Kier molecular flexibility index (Phi) is 9.45. The van der Waals surface area contributed by atoms with Crippen molar-refractivity contribution in [1.29, 1.82) is 5.26 Å². The summed E-state index contributed by atoms with van der Waals surface area (Å²) in [5.74, 6) is -0.346. The zero-order chi connectivity index (χ0) is 29.5. The molecule has 4 aromatic rings. The van der Waals surface area contributed by atoms with Crippen LogP contribution in [0.2, 0.25) is 0 Å². The number of pyridine rings is 1. The molecule has 0 N–H and O–H groups in total. The number of fused-ring (bicyclic) bond motifs is 1. The van der Waals surface area contributed by atoms with E-state index in [1.807, 2.05) is 45.5 Å². The van der Waals surface area contributed by atoms with Crippen LogP contribution >= 0.6 is 0 Å². The van der Waals surface area contributed by atoms with Gasteiger partial charge in [0.2, 0.25) is 0 Å². The third kappa shape index (κ3) is 6.29. The van der Waals surface area contributed by atoms with Gasteiger partial charge < -0.3 is 9.47 Å². The number of aryl methyl sites for hydroxylation is 1. The second-order valence-corrected chi connectivity index (χ2v) is 10.7. The largest absolute Gasteiger partial charge is 0.464 e. The Labute approximate surface area is 245 Å². The molecule has 9 nitrogen and oxygen atoms in total. The number of hydrogen-bond donors (Lipinski definition) is 0. The molecule has 218 valence electrons. The van der Waals surface area contributed by atoms with Crippen LogP contribution in [-0.4, -0.2) is 44.5 Å². The molecule has 1 fully saturated rings. The summed E-state index contributed by atoms with van der Waals surface area (Å²) in [5.41, 5.74) is 5.54. The molecule has 1 saturated carbocycles. The van der Waals surface area contributed by atoms with Gasteiger partial charge in [-0.05, 0) is 63.1 Å². The molecule has 0 amide bonds. The number of nitrogens with zero attached hydrogens (tertiary/aromatic N) is 5. The average Bonchev–Trinajstić information content (AvgIpc) is 3.50. The van der Waals surface area contributed by atoms with Gasteiger partial charge >= 0.3 is 5.97 Å². The first kappa shape index (κ1) is 29.2. The van der Waals surface area contributed by atoms with Gasteiger partial charge in [-0.1, -0.05) is 37.6 Å². The number of ether oxygens (including phenoxy) is 2. The normalized spacial score (nSPS) is 16.8. The van der Waals surface area contributed by atoms with Gasteiger partial charge in [-0.15, -0.1) is 0 Å². The van der Waals surface area contributed by atoms with Crippen molar-refractivity contribution in [3.63, 3.8) is 0 Å². The third-order valence-electron chi connectivity index (χ3n) is 8.00. The summed E-state index contributed by atoms with van der Waals surface area (Å²) < 4.78 is 14.7. The number of unbranched alkanes of at least 4 members (excludes halogenated alkanes) is 1. The van der Waals surface area contributed by atoms with E-state index in [1.165, 1.54) is 0 Å². The van der Waals surface area contributed by atoms with Crippen LogP contribution in [0.5, 0.6) is 0 Å². The maximum absolute atomic E-state index is 14.3. The van der Waals surface area contributed by atoms with Gasteiger partial charge in [0.15, 0.2) is 0 Å². The number of carbonyl (C=O) groups excluding carboxylic acids is 1. The fourth-order valence-electron chi connectivity index (χ4n) is 5.87. The number of nitriles is 1. The summed E-state index contributed by atoms with van der Waals surface area (Å²) in [6.45, 7) is 4.22. The van der Waals surface area contributed by atoms with E-state index in [0.29, 0.717) is 18.6 Å². The molecule has 1 aliphatic rings. The van der Waals surface area contributed by atoms with Gasteiger partial charge in [0.25, 0.3) is 5.56 Å². The standard InChI is InChI=1S/C33H37N5O4/c1-3-5-10-30-28(19-23-11-16-29(35-21-23)27-9-7-6-8-24(27)20-34)33(40)37(31-17-18-36-38(30)31)25-12-14-26(15-13-25)42-22-32(39)41-4-2/h6-9,11,16-18,21,25-26H,3-5,10,12-15,19,22H2,1-2H3. The van der Waals surface area contributed by atoms with Crippen molar-refractivity contribution in [3.05, 3.63) is 87.6 Å². The molecule has 0 radical (unpaired) electrons. The highest BCUT2D eigenvalue weighted by atomic mass is 16.6. The lowest BCUT2D eigenvalue weighted by atomic mass is 9.92. The van der Waals surface area contributed by atoms with Gasteiger partial charge in [-0.25, -0.2) is 9.31 Å². The van der Waals surface area contributed by atoms with Gasteiger partial charge in [0, 0.05) is 35.9 Å². The molecule has 1 aromatic carbocycles. The minimum atomic E-state index is -0.346. The topological polar surface area (TPSA) is 112 Å². The first-order chi connectivity index (χ1) is 20.5. The summed E-state index contributed by atoms with van der Waals surface area (Å²) in [6, 6.07) is 15.5. The summed E-state index contributed by atoms with van der Waals surface area (Å²) in [7, 11) is 0. The van der Waals surface area contributed by atoms with Gasteiger partial charge in [-0.2, -0.15) is 10.4 Å². The van der Waals surface area contributed by atoms with Gasteiger partial charge in [-0.3, -0.25) is 14.3 Å². The van der Waals surface area contributed by atoms with Gasteiger partial charge in [0.1, 0.15) is 12.3 Å². The van der Waals surface area contributed by atoms with Crippen LogP contribution in [0.25, 0.3) is 16.9 Å². The van der Waals surface area contributed by atoms with E-state index in [2.05, 4.69) is 23.1 Å². The van der Waals surface area contributed by atoms with Crippen LogP contribution in [0.15, 0.2) is 59.7 Å². The van der Waals surface area contributed by atoms with Crippen molar-refractivity contribution in [3.8, 4) is 17.3 Å². The van der Waals surface area contributed by atoms with Crippen LogP contribution < -0.4 is 5.56 Å². The van der Waals surface area contributed by atoms with E-state index in [9.17, 15) is 14.9 Å². The Hall–Kier alpha value is -4.29. The van der Waals surface area contributed by atoms with Gasteiger partial charge in [0.05, 0.1) is 41.9 Å². The number of hydrogen-bond acceptors (Lipinski definition) is 7. The zero-order valence-corrected chi connectivity index (χ0v) is 24.3.